The number of para-hydroxylation sites is 1. The molecule has 0 saturated heterocycles. The first-order chi connectivity index (χ1) is 14.2. The predicted molar refractivity (Wildman–Crippen MR) is 113 cm³/mol. The molecule has 30 heavy (non-hydrogen) atoms. The Morgan fingerprint density at radius 1 is 1.00 bits per heavy atom. The zero-order chi connectivity index (χ0) is 21.7. The van der Waals surface area contributed by atoms with Crippen molar-refractivity contribution in [1.29, 1.82) is 0 Å². The van der Waals surface area contributed by atoms with Crippen LogP contribution in [0.4, 0.5) is 11.4 Å². The molecular formula is C23H24N2O5. The van der Waals surface area contributed by atoms with Crippen molar-refractivity contribution in [2.75, 3.05) is 23.8 Å². The zero-order valence-corrected chi connectivity index (χ0v) is 17.2. The summed E-state index contributed by atoms with van der Waals surface area (Å²) in [6.45, 7) is 5.53. The molecule has 156 valence electrons. The van der Waals surface area contributed by atoms with Crippen LogP contribution >= 0.6 is 0 Å². The summed E-state index contributed by atoms with van der Waals surface area (Å²) in [6.07, 6.45) is 0. The number of Topliss-reactive ketones (excluding diaryl/α,β-unsaturated/α-hetero) is 1. The lowest BCUT2D eigenvalue weighted by atomic mass is 9.87. The van der Waals surface area contributed by atoms with Gasteiger partial charge in [-0.05, 0) is 35.2 Å². The SMILES string of the molecule is CC(C)(C)c1ccc(NC(=O)COC(=O)C2=C(Nc3ccccc3)OCC2=O)cc1. The molecule has 0 saturated carbocycles. The van der Waals surface area contributed by atoms with Gasteiger partial charge in [0.25, 0.3) is 5.91 Å². The van der Waals surface area contributed by atoms with E-state index in [0.29, 0.717) is 11.4 Å². The highest BCUT2D eigenvalue weighted by molar-refractivity contribution is 6.20. The van der Waals surface area contributed by atoms with Crippen LogP contribution in [0.3, 0.4) is 0 Å². The average Bonchev–Trinajstić information content (AvgIpc) is 3.07. The van der Waals surface area contributed by atoms with E-state index in [4.69, 9.17) is 9.47 Å². The Bertz CT molecular complexity index is 973. The molecule has 0 radical (unpaired) electrons. The van der Waals surface area contributed by atoms with Crippen LogP contribution in [0.25, 0.3) is 0 Å². The maximum absolute atomic E-state index is 12.4. The van der Waals surface area contributed by atoms with Crippen molar-refractivity contribution >= 4 is 29.0 Å². The number of hydrogen-bond acceptors (Lipinski definition) is 6. The monoisotopic (exact) mass is 408 g/mol. The molecule has 0 fully saturated rings. The second-order valence-electron chi connectivity index (χ2n) is 7.86. The van der Waals surface area contributed by atoms with E-state index in [0.717, 1.165) is 5.56 Å². The van der Waals surface area contributed by atoms with Gasteiger partial charge in [-0.1, -0.05) is 51.1 Å². The van der Waals surface area contributed by atoms with Gasteiger partial charge in [-0.2, -0.15) is 0 Å². The van der Waals surface area contributed by atoms with Crippen molar-refractivity contribution in [3.63, 3.8) is 0 Å². The molecule has 7 nitrogen and oxygen atoms in total. The Kier molecular flexibility index (Phi) is 6.20. The minimum absolute atomic E-state index is 0.00712. The topological polar surface area (TPSA) is 93.7 Å². The Labute approximate surface area is 175 Å². The second kappa shape index (κ2) is 8.82. The smallest absolute Gasteiger partial charge is 0.347 e. The van der Waals surface area contributed by atoms with Crippen molar-refractivity contribution in [2.24, 2.45) is 0 Å². The van der Waals surface area contributed by atoms with Crippen LogP contribution in [0.15, 0.2) is 66.1 Å². The van der Waals surface area contributed by atoms with Crippen LogP contribution < -0.4 is 10.6 Å². The van der Waals surface area contributed by atoms with Gasteiger partial charge in [0.15, 0.2) is 18.8 Å². The third kappa shape index (κ3) is 5.26. The van der Waals surface area contributed by atoms with Gasteiger partial charge in [0.1, 0.15) is 0 Å². The number of nitrogens with one attached hydrogen (secondary N) is 2. The van der Waals surface area contributed by atoms with Crippen molar-refractivity contribution in [3.05, 3.63) is 71.6 Å². The fourth-order valence-corrected chi connectivity index (χ4v) is 2.82. The second-order valence-corrected chi connectivity index (χ2v) is 7.86. The lowest BCUT2D eigenvalue weighted by Crippen LogP contribution is -2.24. The van der Waals surface area contributed by atoms with Crippen LogP contribution in [-0.4, -0.2) is 30.9 Å². The summed E-state index contributed by atoms with van der Waals surface area (Å²) in [4.78, 5) is 36.5. The summed E-state index contributed by atoms with van der Waals surface area (Å²) in [5.74, 6) is -1.89. The van der Waals surface area contributed by atoms with Crippen LogP contribution in [0.1, 0.15) is 26.3 Å². The number of rotatable bonds is 6. The van der Waals surface area contributed by atoms with E-state index >= 15 is 0 Å². The molecule has 2 aromatic rings. The molecular weight excluding hydrogens is 384 g/mol. The number of carbonyl (C=O) groups is 3. The fraction of sp³-hybridized carbons (Fsp3) is 0.261. The molecule has 0 bridgehead atoms. The molecule has 1 heterocycles. The number of anilines is 2. The number of carbonyl (C=O) groups excluding carboxylic acids is 3. The first kappa shape index (κ1) is 21.1. The number of esters is 1. The Morgan fingerprint density at radius 3 is 2.30 bits per heavy atom. The summed E-state index contributed by atoms with van der Waals surface area (Å²) < 4.78 is 10.3. The normalized spacial score (nSPS) is 13.6. The highest BCUT2D eigenvalue weighted by atomic mass is 16.5. The van der Waals surface area contributed by atoms with Gasteiger partial charge >= 0.3 is 5.97 Å². The highest BCUT2D eigenvalue weighted by Crippen LogP contribution is 2.23. The lowest BCUT2D eigenvalue weighted by molar-refractivity contribution is -0.144. The standard InChI is InChI=1S/C23H24N2O5/c1-23(2,3)15-9-11-17(12-10-15)24-19(27)14-30-22(28)20-18(26)13-29-21(20)25-16-7-5-4-6-8-16/h4-12,25H,13-14H2,1-3H3,(H,24,27). The fourth-order valence-electron chi connectivity index (χ4n) is 2.82. The van der Waals surface area contributed by atoms with Crippen molar-refractivity contribution in [1.82, 2.24) is 0 Å². The number of hydrogen-bond donors (Lipinski definition) is 2. The van der Waals surface area contributed by atoms with E-state index in [-0.39, 0.29) is 23.5 Å². The maximum Gasteiger partial charge on any atom is 0.347 e. The van der Waals surface area contributed by atoms with Gasteiger partial charge in [0, 0.05) is 11.4 Å². The minimum Gasteiger partial charge on any atom is -0.470 e. The van der Waals surface area contributed by atoms with Crippen molar-refractivity contribution < 1.29 is 23.9 Å². The van der Waals surface area contributed by atoms with E-state index in [9.17, 15) is 14.4 Å². The van der Waals surface area contributed by atoms with Gasteiger partial charge in [-0.15, -0.1) is 0 Å². The largest absolute Gasteiger partial charge is 0.470 e. The molecule has 0 aromatic heterocycles. The lowest BCUT2D eigenvalue weighted by Gasteiger charge is -2.19. The summed E-state index contributed by atoms with van der Waals surface area (Å²) in [5.41, 5.74) is 2.16. The summed E-state index contributed by atoms with van der Waals surface area (Å²) >= 11 is 0. The number of ketones is 1. The highest BCUT2D eigenvalue weighted by Gasteiger charge is 2.32. The molecule has 3 rings (SSSR count). The molecule has 0 spiro atoms. The summed E-state index contributed by atoms with van der Waals surface area (Å²) in [5, 5.41) is 5.55. The third-order valence-corrected chi connectivity index (χ3v) is 4.46. The maximum atomic E-state index is 12.4. The van der Waals surface area contributed by atoms with Gasteiger partial charge in [-0.3, -0.25) is 9.59 Å². The quantitative estimate of drug-likeness (QED) is 0.562. The first-order valence-corrected chi connectivity index (χ1v) is 9.54. The number of amides is 1. The number of ether oxygens (including phenoxy) is 2. The summed E-state index contributed by atoms with van der Waals surface area (Å²) in [6, 6.07) is 16.4. The van der Waals surface area contributed by atoms with E-state index in [1.807, 2.05) is 18.2 Å². The van der Waals surface area contributed by atoms with Crippen LogP contribution in [0.2, 0.25) is 0 Å². The van der Waals surface area contributed by atoms with Gasteiger partial charge in [-0.25, -0.2) is 4.79 Å². The molecule has 0 unspecified atom stereocenters. The Morgan fingerprint density at radius 2 is 1.67 bits per heavy atom. The molecule has 2 N–H and O–H groups in total. The number of benzene rings is 2. The molecule has 1 aliphatic heterocycles. The molecule has 1 amide bonds. The van der Waals surface area contributed by atoms with E-state index in [2.05, 4.69) is 31.4 Å². The first-order valence-electron chi connectivity index (χ1n) is 9.54. The van der Waals surface area contributed by atoms with Crippen molar-refractivity contribution in [2.45, 2.75) is 26.2 Å². The average molecular weight is 408 g/mol. The van der Waals surface area contributed by atoms with E-state index < -0.39 is 24.3 Å². The zero-order valence-electron chi connectivity index (χ0n) is 17.2. The van der Waals surface area contributed by atoms with Gasteiger partial charge < -0.3 is 20.1 Å². The van der Waals surface area contributed by atoms with Gasteiger partial charge in [0.2, 0.25) is 11.7 Å². The minimum atomic E-state index is -0.908. The van der Waals surface area contributed by atoms with Crippen LogP contribution in [0.5, 0.6) is 0 Å². The molecule has 1 aliphatic rings. The Balaban J connectivity index is 1.59. The van der Waals surface area contributed by atoms with E-state index in [1.54, 1.807) is 36.4 Å². The van der Waals surface area contributed by atoms with E-state index in [1.165, 1.54) is 0 Å². The van der Waals surface area contributed by atoms with Crippen LogP contribution in [0, 0.1) is 0 Å². The van der Waals surface area contributed by atoms with Crippen LogP contribution in [-0.2, 0) is 29.3 Å². The third-order valence-electron chi connectivity index (χ3n) is 4.46. The Hall–Kier alpha value is -3.61. The van der Waals surface area contributed by atoms with Gasteiger partial charge in [0.05, 0.1) is 0 Å². The summed E-state index contributed by atoms with van der Waals surface area (Å²) in [7, 11) is 0. The molecule has 0 atom stereocenters. The van der Waals surface area contributed by atoms with Crippen molar-refractivity contribution in [3.8, 4) is 0 Å². The molecule has 7 heteroatoms. The predicted octanol–water partition coefficient (Wildman–Crippen LogP) is 3.39. The molecule has 2 aromatic carbocycles. The molecule has 0 aliphatic carbocycles.